The first-order valence-electron chi connectivity index (χ1n) is 9.01. The molecule has 0 N–H and O–H groups in total. The molecule has 1 aromatic carbocycles. The van der Waals surface area contributed by atoms with E-state index in [1.54, 1.807) is 13.0 Å². The molecule has 0 saturated heterocycles. The highest BCUT2D eigenvalue weighted by atomic mass is 19.1. The standard InChI is InChI=1S/C20H21FN2O4/c1-2-26-20(25)13-5-7-16(8-6-13)27-19-11-22-18(10-23-19)14-3-4-15(12-24)17(21)9-14/h3-4,9-13,16H,2,5-8H2,1H3/t13-,16+. The van der Waals surface area contributed by atoms with E-state index < -0.39 is 5.82 Å². The summed E-state index contributed by atoms with van der Waals surface area (Å²) in [6.45, 7) is 2.21. The number of hydrogen-bond acceptors (Lipinski definition) is 6. The van der Waals surface area contributed by atoms with Crippen LogP contribution in [0.1, 0.15) is 43.0 Å². The van der Waals surface area contributed by atoms with Crippen molar-refractivity contribution in [3.05, 3.63) is 42.0 Å². The van der Waals surface area contributed by atoms with Crippen molar-refractivity contribution in [3.63, 3.8) is 0 Å². The Morgan fingerprint density at radius 1 is 1.22 bits per heavy atom. The van der Waals surface area contributed by atoms with Crippen LogP contribution in [-0.4, -0.2) is 34.9 Å². The van der Waals surface area contributed by atoms with E-state index in [4.69, 9.17) is 9.47 Å². The SMILES string of the molecule is CCOC(=O)[C@H]1CC[C@@H](Oc2cnc(-c3ccc(C=O)c(F)c3)cn2)CC1. The summed E-state index contributed by atoms with van der Waals surface area (Å²) in [5.41, 5.74) is 1.03. The summed E-state index contributed by atoms with van der Waals surface area (Å²) in [7, 11) is 0. The lowest BCUT2D eigenvalue weighted by Gasteiger charge is -2.27. The monoisotopic (exact) mass is 372 g/mol. The van der Waals surface area contributed by atoms with E-state index >= 15 is 0 Å². The Bertz CT molecular complexity index is 802. The Kier molecular flexibility index (Phi) is 6.11. The van der Waals surface area contributed by atoms with Crippen LogP contribution in [-0.2, 0) is 9.53 Å². The molecule has 0 amide bonds. The van der Waals surface area contributed by atoms with Crippen molar-refractivity contribution in [3.8, 4) is 17.1 Å². The first-order chi connectivity index (χ1) is 13.1. The lowest BCUT2D eigenvalue weighted by molar-refractivity contribution is -0.149. The maximum Gasteiger partial charge on any atom is 0.308 e. The average molecular weight is 372 g/mol. The van der Waals surface area contributed by atoms with Gasteiger partial charge < -0.3 is 9.47 Å². The second kappa shape index (κ2) is 8.70. The summed E-state index contributed by atoms with van der Waals surface area (Å²) in [6, 6.07) is 4.28. The molecule has 0 bridgehead atoms. The quantitative estimate of drug-likeness (QED) is 0.569. The Morgan fingerprint density at radius 2 is 2.00 bits per heavy atom. The molecule has 0 aliphatic heterocycles. The summed E-state index contributed by atoms with van der Waals surface area (Å²) in [5.74, 6) is -0.387. The Balaban J connectivity index is 1.58. The van der Waals surface area contributed by atoms with Crippen molar-refractivity contribution in [2.24, 2.45) is 5.92 Å². The number of halogens is 1. The molecule has 0 radical (unpaired) electrons. The highest BCUT2D eigenvalue weighted by molar-refractivity contribution is 5.77. The van der Waals surface area contributed by atoms with Gasteiger partial charge in [0.2, 0.25) is 5.88 Å². The summed E-state index contributed by atoms with van der Waals surface area (Å²) in [5, 5.41) is 0. The van der Waals surface area contributed by atoms with Gasteiger partial charge in [0.25, 0.3) is 0 Å². The molecule has 0 unspecified atom stereocenters. The molecular weight excluding hydrogens is 351 g/mol. The molecule has 6 nitrogen and oxygen atoms in total. The first kappa shape index (κ1) is 18.9. The van der Waals surface area contributed by atoms with Gasteiger partial charge in [-0.3, -0.25) is 9.59 Å². The number of carbonyl (C=O) groups excluding carboxylic acids is 2. The van der Waals surface area contributed by atoms with Crippen LogP contribution in [0.25, 0.3) is 11.3 Å². The van der Waals surface area contributed by atoms with Crippen LogP contribution in [0.2, 0.25) is 0 Å². The van der Waals surface area contributed by atoms with Crippen molar-refractivity contribution in [1.29, 1.82) is 0 Å². The predicted octanol–water partition coefficient (Wildman–Crippen LogP) is 3.60. The number of aromatic nitrogens is 2. The van der Waals surface area contributed by atoms with Crippen LogP contribution in [0.15, 0.2) is 30.6 Å². The van der Waals surface area contributed by atoms with Crippen LogP contribution in [0.4, 0.5) is 4.39 Å². The molecule has 0 spiro atoms. The molecule has 1 fully saturated rings. The van der Waals surface area contributed by atoms with E-state index in [-0.39, 0.29) is 23.6 Å². The maximum absolute atomic E-state index is 13.7. The number of benzene rings is 1. The van der Waals surface area contributed by atoms with Crippen molar-refractivity contribution in [2.45, 2.75) is 38.7 Å². The van der Waals surface area contributed by atoms with Gasteiger partial charge in [0.1, 0.15) is 11.9 Å². The zero-order valence-corrected chi connectivity index (χ0v) is 15.1. The van der Waals surface area contributed by atoms with Gasteiger partial charge in [-0.1, -0.05) is 6.07 Å². The van der Waals surface area contributed by atoms with Crippen LogP contribution >= 0.6 is 0 Å². The maximum atomic E-state index is 13.7. The number of aldehydes is 1. The van der Waals surface area contributed by atoms with Gasteiger partial charge in [0.05, 0.1) is 36.2 Å². The van der Waals surface area contributed by atoms with Crippen molar-refractivity contribution >= 4 is 12.3 Å². The van der Waals surface area contributed by atoms with Crippen LogP contribution < -0.4 is 4.74 Å². The third-order valence-electron chi connectivity index (χ3n) is 4.63. The largest absolute Gasteiger partial charge is 0.473 e. The number of nitrogens with zero attached hydrogens (tertiary/aromatic N) is 2. The van der Waals surface area contributed by atoms with E-state index in [0.29, 0.717) is 30.0 Å². The van der Waals surface area contributed by atoms with E-state index in [2.05, 4.69) is 9.97 Å². The molecule has 142 valence electrons. The van der Waals surface area contributed by atoms with E-state index in [1.165, 1.54) is 24.5 Å². The molecule has 1 saturated carbocycles. The summed E-state index contributed by atoms with van der Waals surface area (Å²) in [4.78, 5) is 31.0. The number of rotatable bonds is 6. The first-order valence-corrected chi connectivity index (χ1v) is 9.01. The van der Waals surface area contributed by atoms with Gasteiger partial charge in [-0.2, -0.15) is 0 Å². The number of esters is 1. The van der Waals surface area contributed by atoms with Crippen LogP contribution in [0.5, 0.6) is 5.88 Å². The van der Waals surface area contributed by atoms with Crippen molar-refractivity contribution < 1.29 is 23.5 Å². The smallest absolute Gasteiger partial charge is 0.308 e. The topological polar surface area (TPSA) is 78.4 Å². The summed E-state index contributed by atoms with van der Waals surface area (Å²) >= 11 is 0. The number of hydrogen-bond donors (Lipinski definition) is 0. The van der Waals surface area contributed by atoms with Gasteiger partial charge >= 0.3 is 5.97 Å². The van der Waals surface area contributed by atoms with E-state index in [0.717, 1.165) is 25.7 Å². The van der Waals surface area contributed by atoms with E-state index in [1.807, 2.05) is 0 Å². The zero-order valence-electron chi connectivity index (χ0n) is 15.1. The van der Waals surface area contributed by atoms with Gasteiger partial charge in [0.15, 0.2) is 6.29 Å². The van der Waals surface area contributed by atoms with Crippen molar-refractivity contribution in [2.75, 3.05) is 6.61 Å². The number of ether oxygens (including phenoxy) is 2. The third-order valence-corrected chi connectivity index (χ3v) is 4.63. The average Bonchev–Trinajstić information content (AvgIpc) is 2.69. The van der Waals surface area contributed by atoms with Gasteiger partial charge in [-0.25, -0.2) is 14.4 Å². The second-order valence-corrected chi connectivity index (χ2v) is 6.44. The van der Waals surface area contributed by atoms with Gasteiger partial charge in [-0.15, -0.1) is 0 Å². The molecule has 3 rings (SSSR count). The van der Waals surface area contributed by atoms with Crippen molar-refractivity contribution in [1.82, 2.24) is 9.97 Å². The molecule has 7 heteroatoms. The molecule has 0 atom stereocenters. The second-order valence-electron chi connectivity index (χ2n) is 6.44. The molecule has 1 aliphatic rings. The fraction of sp³-hybridized carbons (Fsp3) is 0.400. The molecule has 2 aromatic rings. The summed E-state index contributed by atoms with van der Waals surface area (Å²) in [6.07, 6.45) is 6.44. The lowest BCUT2D eigenvalue weighted by Crippen LogP contribution is -2.29. The Labute approximate surface area is 156 Å². The lowest BCUT2D eigenvalue weighted by atomic mass is 9.87. The third kappa shape index (κ3) is 4.67. The Hall–Kier alpha value is -2.83. The number of carbonyl (C=O) groups is 2. The van der Waals surface area contributed by atoms with Gasteiger partial charge in [0, 0.05) is 5.56 Å². The normalized spacial score (nSPS) is 19.3. The molecule has 1 aliphatic carbocycles. The zero-order chi connectivity index (χ0) is 19.2. The predicted molar refractivity (Wildman–Crippen MR) is 95.8 cm³/mol. The molecule has 1 aromatic heterocycles. The molecule has 27 heavy (non-hydrogen) atoms. The minimum Gasteiger partial charge on any atom is -0.473 e. The van der Waals surface area contributed by atoms with E-state index in [9.17, 15) is 14.0 Å². The molecule has 1 heterocycles. The Morgan fingerprint density at radius 3 is 2.59 bits per heavy atom. The highest BCUT2D eigenvalue weighted by Crippen LogP contribution is 2.28. The fourth-order valence-corrected chi connectivity index (χ4v) is 3.16. The highest BCUT2D eigenvalue weighted by Gasteiger charge is 2.28. The fourth-order valence-electron chi connectivity index (χ4n) is 3.16. The van der Waals surface area contributed by atoms with Crippen LogP contribution in [0, 0.1) is 11.7 Å². The minimum atomic E-state index is -0.594. The molecular formula is C20H21FN2O4. The van der Waals surface area contributed by atoms with Crippen LogP contribution in [0.3, 0.4) is 0 Å². The summed E-state index contributed by atoms with van der Waals surface area (Å²) < 4.78 is 24.6. The minimum absolute atomic E-state index is 0.00471. The van der Waals surface area contributed by atoms with Gasteiger partial charge in [-0.05, 0) is 44.7 Å².